The predicted molar refractivity (Wildman–Crippen MR) is 142 cm³/mol. The third-order valence-electron chi connectivity index (χ3n) is 5.41. The SMILES string of the molecule is CCCCOCCCNC(=NCc1ccc(CN2CCCN(C)CC2)cc1)NCC.I. The molecule has 0 aromatic heterocycles. The number of hydrogen-bond acceptors (Lipinski definition) is 4. The summed E-state index contributed by atoms with van der Waals surface area (Å²) in [5, 5.41) is 6.73. The first-order valence-electron chi connectivity index (χ1n) is 11.8. The molecule has 0 unspecified atom stereocenters. The van der Waals surface area contributed by atoms with Crippen LogP contribution in [0.3, 0.4) is 0 Å². The number of aliphatic imine (C=N–C) groups is 1. The number of halogens is 1. The molecular weight excluding hydrogens is 501 g/mol. The van der Waals surface area contributed by atoms with E-state index in [-0.39, 0.29) is 24.0 Å². The van der Waals surface area contributed by atoms with Gasteiger partial charge in [0.2, 0.25) is 0 Å². The van der Waals surface area contributed by atoms with Crippen molar-refractivity contribution in [3.63, 3.8) is 0 Å². The lowest BCUT2D eigenvalue weighted by atomic mass is 10.1. The summed E-state index contributed by atoms with van der Waals surface area (Å²) in [7, 11) is 2.22. The summed E-state index contributed by atoms with van der Waals surface area (Å²) in [6.45, 7) is 14.2. The summed E-state index contributed by atoms with van der Waals surface area (Å²) in [6, 6.07) is 8.95. The maximum Gasteiger partial charge on any atom is 0.191 e. The lowest BCUT2D eigenvalue weighted by Gasteiger charge is -2.20. The summed E-state index contributed by atoms with van der Waals surface area (Å²) in [5.74, 6) is 0.879. The zero-order valence-corrected chi connectivity index (χ0v) is 22.2. The largest absolute Gasteiger partial charge is 0.381 e. The number of ether oxygens (including phenoxy) is 1. The molecule has 2 rings (SSSR count). The van der Waals surface area contributed by atoms with Crippen LogP contribution in [0.5, 0.6) is 0 Å². The van der Waals surface area contributed by atoms with E-state index in [9.17, 15) is 0 Å². The summed E-state index contributed by atoms with van der Waals surface area (Å²) in [4.78, 5) is 9.73. The monoisotopic (exact) mass is 545 g/mol. The van der Waals surface area contributed by atoms with Gasteiger partial charge in [-0.1, -0.05) is 37.6 Å². The highest BCUT2D eigenvalue weighted by molar-refractivity contribution is 14.0. The maximum absolute atomic E-state index is 5.62. The number of guanidine groups is 1. The molecule has 0 bridgehead atoms. The van der Waals surface area contributed by atoms with Crippen LogP contribution in [0, 0.1) is 0 Å². The van der Waals surface area contributed by atoms with Gasteiger partial charge in [-0.05, 0) is 57.5 Å². The van der Waals surface area contributed by atoms with Crippen LogP contribution in [-0.4, -0.2) is 75.3 Å². The number of unbranched alkanes of at least 4 members (excludes halogenated alkanes) is 1. The van der Waals surface area contributed by atoms with E-state index < -0.39 is 0 Å². The fourth-order valence-electron chi connectivity index (χ4n) is 3.51. The Labute approximate surface area is 207 Å². The van der Waals surface area contributed by atoms with Crippen molar-refractivity contribution in [3.05, 3.63) is 35.4 Å². The lowest BCUT2D eigenvalue weighted by Crippen LogP contribution is -2.38. The molecule has 178 valence electrons. The van der Waals surface area contributed by atoms with E-state index in [0.717, 1.165) is 64.7 Å². The molecule has 0 amide bonds. The summed E-state index contributed by atoms with van der Waals surface area (Å²) < 4.78 is 5.62. The van der Waals surface area contributed by atoms with E-state index in [1.165, 1.54) is 37.1 Å². The maximum atomic E-state index is 5.62. The van der Waals surface area contributed by atoms with Gasteiger partial charge in [0, 0.05) is 45.9 Å². The van der Waals surface area contributed by atoms with Crippen LogP contribution in [0.15, 0.2) is 29.3 Å². The molecule has 1 fully saturated rings. The first-order valence-corrected chi connectivity index (χ1v) is 11.8. The van der Waals surface area contributed by atoms with Crippen molar-refractivity contribution in [2.45, 2.75) is 52.6 Å². The van der Waals surface area contributed by atoms with Gasteiger partial charge in [-0.25, -0.2) is 4.99 Å². The summed E-state index contributed by atoms with van der Waals surface area (Å²) >= 11 is 0. The van der Waals surface area contributed by atoms with Crippen LogP contribution in [0.2, 0.25) is 0 Å². The van der Waals surface area contributed by atoms with Gasteiger partial charge in [0.1, 0.15) is 0 Å². The van der Waals surface area contributed by atoms with Crippen molar-refractivity contribution in [3.8, 4) is 0 Å². The van der Waals surface area contributed by atoms with E-state index >= 15 is 0 Å². The normalized spacial score (nSPS) is 15.9. The van der Waals surface area contributed by atoms with E-state index in [0.29, 0.717) is 6.54 Å². The molecule has 0 radical (unpaired) electrons. The first-order chi connectivity index (χ1) is 14.7. The van der Waals surface area contributed by atoms with Crippen LogP contribution in [-0.2, 0) is 17.8 Å². The van der Waals surface area contributed by atoms with Crippen molar-refractivity contribution < 1.29 is 4.74 Å². The molecule has 1 aliphatic heterocycles. The molecule has 1 saturated heterocycles. The molecule has 0 aliphatic carbocycles. The Morgan fingerprint density at radius 1 is 0.968 bits per heavy atom. The van der Waals surface area contributed by atoms with Crippen molar-refractivity contribution in [1.29, 1.82) is 0 Å². The van der Waals surface area contributed by atoms with Crippen LogP contribution in [0.4, 0.5) is 0 Å². The fraction of sp³-hybridized carbons (Fsp3) is 0.708. The summed E-state index contributed by atoms with van der Waals surface area (Å²) in [5.41, 5.74) is 2.63. The molecule has 7 heteroatoms. The Hall–Kier alpha value is -0.900. The van der Waals surface area contributed by atoms with Gasteiger partial charge in [0.25, 0.3) is 0 Å². The number of nitrogens with one attached hydrogen (secondary N) is 2. The fourth-order valence-corrected chi connectivity index (χ4v) is 3.51. The summed E-state index contributed by atoms with van der Waals surface area (Å²) in [6.07, 6.45) is 4.58. The van der Waals surface area contributed by atoms with Crippen molar-refractivity contribution in [1.82, 2.24) is 20.4 Å². The minimum Gasteiger partial charge on any atom is -0.381 e. The minimum atomic E-state index is 0. The highest BCUT2D eigenvalue weighted by Crippen LogP contribution is 2.11. The van der Waals surface area contributed by atoms with Gasteiger partial charge in [-0.15, -0.1) is 24.0 Å². The van der Waals surface area contributed by atoms with Crippen molar-refractivity contribution in [2.24, 2.45) is 4.99 Å². The Kier molecular flexibility index (Phi) is 16.0. The highest BCUT2D eigenvalue weighted by atomic mass is 127. The van der Waals surface area contributed by atoms with Crippen LogP contribution >= 0.6 is 24.0 Å². The topological polar surface area (TPSA) is 52.1 Å². The minimum absolute atomic E-state index is 0. The van der Waals surface area contributed by atoms with E-state index in [2.05, 4.69) is 65.6 Å². The number of hydrogen-bond donors (Lipinski definition) is 2. The Balaban J connectivity index is 0.00000480. The molecular formula is C24H44IN5O. The molecule has 6 nitrogen and oxygen atoms in total. The molecule has 1 heterocycles. The standard InChI is InChI=1S/C24H43N5O.HI/c1-4-6-18-30-19-7-13-26-24(25-5-2)27-20-22-9-11-23(12-10-22)21-29-15-8-14-28(3)16-17-29;/h9-12H,4-8,13-21H2,1-3H3,(H2,25,26,27);1H. The molecule has 1 aromatic carbocycles. The van der Waals surface area contributed by atoms with E-state index in [1.807, 2.05) is 0 Å². The van der Waals surface area contributed by atoms with Crippen LogP contribution in [0.1, 0.15) is 50.7 Å². The zero-order valence-electron chi connectivity index (χ0n) is 19.9. The van der Waals surface area contributed by atoms with Gasteiger partial charge in [-0.2, -0.15) is 0 Å². The van der Waals surface area contributed by atoms with E-state index in [1.54, 1.807) is 0 Å². The quantitative estimate of drug-likeness (QED) is 0.182. The number of rotatable bonds is 12. The Bertz CT molecular complexity index is 596. The van der Waals surface area contributed by atoms with Crippen LogP contribution < -0.4 is 10.6 Å². The molecule has 0 saturated carbocycles. The third kappa shape index (κ3) is 12.7. The first kappa shape index (κ1) is 28.1. The lowest BCUT2D eigenvalue weighted by molar-refractivity contribution is 0.129. The smallest absolute Gasteiger partial charge is 0.191 e. The van der Waals surface area contributed by atoms with Gasteiger partial charge >= 0.3 is 0 Å². The van der Waals surface area contributed by atoms with Gasteiger partial charge in [0.05, 0.1) is 6.54 Å². The van der Waals surface area contributed by atoms with Crippen molar-refractivity contribution in [2.75, 3.05) is 59.5 Å². The number of benzene rings is 1. The van der Waals surface area contributed by atoms with Crippen LogP contribution in [0.25, 0.3) is 0 Å². The molecule has 1 aromatic rings. The molecule has 31 heavy (non-hydrogen) atoms. The molecule has 2 N–H and O–H groups in total. The predicted octanol–water partition coefficient (Wildman–Crippen LogP) is 3.70. The zero-order chi connectivity index (χ0) is 21.4. The highest BCUT2D eigenvalue weighted by Gasteiger charge is 2.12. The van der Waals surface area contributed by atoms with Gasteiger partial charge in [0.15, 0.2) is 5.96 Å². The third-order valence-corrected chi connectivity index (χ3v) is 5.41. The molecule has 0 spiro atoms. The second-order valence-electron chi connectivity index (χ2n) is 8.19. The van der Waals surface area contributed by atoms with Crippen molar-refractivity contribution >= 4 is 29.9 Å². The number of likely N-dealkylation sites (N-methyl/N-ethyl adjacent to an activating group) is 1. The van der Waals surface area contributed by atoms with E-state index in [4.69, 9.17) is 9.73 Å². The number of nitrogens with zero attached hydrogens (tertiary/aromatic N) is 3. The van der Waals surface area contributed by atoms with Gasteiger partial charge < -0.3 is 20.3 Å². The second-order valence-corrected chi connectivity index (χ2v) is 8.19. The Morgan fingerprint density at radius 2 is 1.71 bits per heavy atom. The van der Waals surface area contributed by atoms with Gasteiger partial charge in [-0.3, -0.25) is 4.90 Å². The average Bonchev–Trinajstić information content (AvgIpc) is 2.96. The Morgan fingerprint density at radius 3 is 2.45 bits per heavy atom. The average molecular weight is 546 g/mol. The molecule has 1 aliphatic rings. The second kappa shape index (κ2) is 17.6. The molecule has 0 atom stereocenters.